The molecular formula is C19H17BrN2O4S2. The number of hydrogen-bond acceptors (Lipinski definition) is 5. The largest absolute Gasteiger partial charge is 0.495 e. The minimum absolute atomic E-state index is 0.110. The first kappa shape index (κ1) is 20.4. The molecule has 1 heterocycles. The fourth-order valence-electron chi connectivity index (χ4n) is 2.44. The lowest BCUT2D eigenvalue weighted by molar-refractivity contribution is 0.0951. The summed E-state index contributed by atoms with van der Waals surface area (Å²) in [4.78, 5) is 13.3. The molecule has 0 atom stereocenters. The molecule has 0 saturated heterocycles. The van der Waals surface area contributed by atoms with Crippen molar-refractivity contribution in [2.24, 2.45) is 0 Å². The molecule has 1 amide bonds. The van der Waals surface area contributed by atoms with Gasteiger partial charge in [-0.3, -0.25) is 9.52 Å². The van der Waals surface area contributed by atoms with Gasteiger partial charge in [0.2, 0.25) is 0 Å². The Kier molecular flexibility index (Phi) is 6.38. The van der Waals surface area contributed by atoms with Gasteiger partial charge in [0.25, 0.3) is 15.9 Å². The number of rotatable bonds is 7. The van der Waals surface area contributed by atoms with E-state index in [1.807, 2.05) is 17.5 Å². The summed E-state index contributed by atoms with van der Waals surface area (Å²) in [5.74, 6) is -0.212. The molecule has 0 bridgehead atoms. The molecule has 2 N–H and O–H groups in total. The Morgan fingerprint density at radius 3 is 2.54 bits per heavy atom. The Morgan fingerprint density at radius 2 is 1.89 bits per heavy atom. The number of hydrogen-bond donors (Lipinski definition) is 2. The molecule has 1 aromatic heterocycles. The van der Waals surface area contributed by atoms with Crippen molar-refractivity contribution >= 4 is 48.9 Å². The number of benzene rings is 2. The number of methoxy groups -OCH3 is 1. The topological polar surface area (TPSA) is 84.5 Å². The van der Waals surface area contributed by atoms with Crippen molar-refractivity contribution in [2.45, 2.75) is 11.4 Å². The number of ether oxygens (including phenoxy) is 1. The van der Waals surface area contributed by atoms with Crippen LogP contribution in [0.4, 0.5) is 5.69 Å². The maximum atomic E-state index is 12.9. The number of sulfonamides is 1. The van der Waals surface area contributed by atoms with E-state index >= 15 is 0 Å². The van der Waals surface area contributed by atoms with Crippen LogP contribution in [-0.2, 0) is 16.6 Å². The number of thiophene rings is 1. The molecule has 0 radical (unpaired) electrons. The zero-order chi connectivity index (χ0) is 20.1. The number of anilines is 1. The van der Waals surface area contributed by atoms with Crippen LogP contribution >= 0.6 is 27.3 Å². The highest BCUT2D eigenvalue weighted by Gasteiger charge is 2.22. The quantitative estimate of drug-likeness (QED) is 0.529. The molecule has 0 fully saturated rings. The van der Waals surface area contributed by atoms with Gasteiger partial charge in [0.1, 0.15) is 10.6 Å². The predicted molar refractivity (Wildman–Crippen MR) is 113 cm³/mol. The van der Waals surface area contributed by atoms with E-state index in [1.54, 1.807) is 24.3 Å². The van der Waals surface area contributed by atoms with E-state index < -0.39 is 10.0 Å². The zero-order valence-electron chi connectivity index (χ0n) is 14.8. The summed E-state index contributed by atoms with van der Waals surface area (Å²) in [6, 6.07) is 14.8. The molecule has 0 unspecified atom stereocenters. The van der Waals surface area contributed by atoms with Crippen molar-refractivity contribution in [2.75, 3.05) is 11.8 Å². The van der Waals surface area contributed by atoms with Crippen LogP contribution in [0, 0.1) is 0 Å². The maximum Gasteiger partial charge on any atom is 0.265 e. The van der Waals surface area contributed by atoms with Gasteiger partial charge in [0, 0.05) is 20.6 Å². The van der Waals surface area contributed by atoms with Crippen LogP contribution in [0.5, 0.6) is 5.75 Å². The van der Waals surface area contributed by atoms with E-state index in [0.717, 1.165) is 9.35 Å². The SMILES string of the molecule is COc1ccc(C(=O)NCc2cccs2)cc1S(=O)(=O)Nc1ccc(Br)cc1. The molecule has 3 rings (SSSR count). The second-order valence-electron chi connectivity index (χ2n) is 5.74. The maximum absolute atomic E-state index is 12.9. The smallest absolute Gasteiger partial charge is 0.265 e. The average Bonchev–Trinajstić information content (AvgIpc) is 3.21. The Bertz CT molecular complexity index is 1070. The van der Waals surface area contributed by atoms with Crippen LogP contribution in [0.1, 0.15) is 15.2 Å². The van der Waals surface area contributed by atoms with Gasteiger partial charge < -0.3 is 10.1 Å². The van der Waals surface area contributed by atoms with E-state index in [9.17, 15) is 13.2 Å². The molecule has 2 aromatic carbocycles. The van der Waals surface area contributed by atoms with Crippen LogP contribution in [-0.4, -0.2) is 21.4 Å². The number of carbonyl (C=O) groups is 1. The first-order chi connectivity index (χ1) is 13.4. The third kappa shape index (κ3) is 4.92. The van der Waals surface area contributed by atoms with E-state index in [2.05, 4.69) is 26.0 Å². The van der Waals surface area contributed by atoms with Crippen molar-refractivity contribution < 1.29 is 17.9 Å². The second kappa shape index (κ2) is 8.76. The van der Waals surface area contributed by atoms with Crippen molar-refractivity contribution in [1.29, 1.82) is 0 Å². The van der Waals surface area contributed by atoms with Gasteiger partial charge in [-0.2, -0.15) is 0 Å². The van der Waals surface area contributed by atoms with Crippen molar-refractivity contribution in [3.8, 4) is 5.75 Å². The normalized spacial score (nSPS) is 11.1. The van der Waals surface area contributed by atoms with Gasteiger partial charge in [-0.1, -0.05) is 22.0 Å². The molecule has 6 nitrogen and oxygen atoms in total. The first-order valence-corrected chi connectivity index (χ1v) is 11.3. The minimum atomic E-state index is -3.95. The molecule has 28 heavy (non-hydrogen) atoms. The van der Waals surface area contributed by atoms with Crippen molar-refractivity contribution in [3.63, 3.8) is 0 Å². The van der Waals surface area contributed by atoms with Gasteiger partial charge in [-0.15, -0.1) is 11.3 Å². The van der Waals surface area contributed by atoms with E-state index in [0.29, 0.717) is 12.2 Å². The van der Waals surface area contributed by atoms with Crippen molar-refractivity contribution in [3.05, 3.63) is 74.9 Å². The molecule has 0 saturated carbocycles. The average molecular weight is 481 g/mol. The first-order valence-electron chi connectivity index (χ1n) is 8.16. The highest BCUT2D eigenvalue weighted by atomic mass is 79.9. The summed E-state index contributed by atoms with van der Waals surface area (Å²) in [5, 5.41) is 4.71. The molecule has 0 aliphatic heterocycles. The van der Waals surface area contributed by atoms with Crippen LogP contribution < -0.4 is 14.8 Å². The summed E-state index contributed by atoms with van der Waals surface area (Å²) in [7, 11) is -2.57. The minimum Gasteiger partial charge on any atom is -0.495 e. The third-order valence-corrected chi connectivity index (χ3v) is 6.62. The second-order valence-corrected chi connectivity index (χ2v) is 9.34. The molecule has 9 heteroatoms. The Labute approximate surface area is 175 Å². The van der Waals surface area contributed by atoms with E-state index in [4.69, 9.17) is 4.74 Å². The Morgan fingerprint density at radius 1 is 1.14 bits per heavy atom. The molecule has 0 spiro atoms. The Balaban J connectivity index is 1.85. The van der Waals surface area contributed by atoms with Crippen LogP contribution in [0.25, 0.3) is 0 Å². The highest BCUT2D eigenvalue weighted by molar-refractivity contribution is 9.10. The number of amides is 1. The van der Waals surface area contributed by atoms with Gasteiger partial charge in [0.15, 0.2) is 0 Å². The molecule has 0 aliphatic carbocycles. The van der Waals surface area contributed by atoms with Gasteiger partial charge in [0.05, 0.1) is 13.7 Å². The van der Waals surface area contributed by atoms with Crippen LogP contribution in [0.2, 0.25) is 0 Å². The third-order valence-electron chi connectivity index (χ3n) is 3.82. The summed E-state index contributed by atoms with van der Waals surface area (Å²) in [5.41, 5.74) is 0.631. The van der Waals surface area contributed by atoms with Crippen LogP contribution in [0.3, 0.4) is 0 Å². The standard InChI is InChI=1S/C19H17BrN2O4S2/c1-26-17-9-4-13(19(23)21-12-16-3-2-10-27-16)11-18(17)28(24,25)22-15-7-5-14(20)6-8-15/h2-11,22H,12H2,1H3,(H,21,23). The summed E-state index contributed by atoms with van der Waals surface area (Å²) < 4.78 is 34.2. The lowest BCUT2D eigenvalue weighted by Gasteiger charge is -2.13. The summed E-state index contributed by atoms with van der Waals surface area (Å²) in [6.45, 7) is 0.377. The van der Waals surface area contributed by atoms with E-state index in [1.165, 1.54) is 36.6 Å². The fourth-order valence-corrected chi connectivity index (χ4v) is 4.60. The lowest BCUT2D eigenvalue weighted by atomic mass is 10.2. The predicted octanol–water partition coefficient (Wildman–Crippen LogP) is 4.25. The van der Waals surface area contributed by atoms with Crippen LogP contribution in [0.15, 0.2) is 69.3 Å². The van der Waals surface area contributed by atoms with E-state index in [-0.39, 0.29) is 22.1 Å². The number of halogens is 1. The summed E-state index contributed by atoms with van der Waals surface area (Å²) in [6.07, 6.45) is 0. The molecular weight excluding hydrogens is 464 g/mol. The number of carbonyl (C=O) groups excluding carboxylic acids is 1. The highest BCUT2D eigenvalue weighted by Crippen LogP contribution is 2.27. The zero-order valence-corrected chi connectivity index (χ0v) is 18.0. The molecule has 3 aromatic rings. The van der Waals surface area contributed by atoms with Gasteiger partial charge in [-0.25, -0.2) is 8.42 Å². The molecule has 146 valence electrons. The Hall–Kier alpha value is -2.36. The lowest BCUT2D eigenvalue weighted by Crippen LogP contribution is -2.23. The fraction of sp³-hybridized carbons (Fsp3) is 0.105. The molecule has 0 aliphatic rings. The van der Waals surface area contributed by atoms with Gasteiger partial charge in [-0.05, 0) is 53.9 Å². The summed E-state index contributed by atoms with van der Waals surface area (Å²) >= 11 is 4.84. The monoisotopic (exact) mass is 480 g/mol. The number of nitrogens with one attached hydrogen (secondary N) is 2. The van der Waals surface area contributed by atoms with Crippen molar-refractivity contribution in [1.82, 2.24) is 5.32 Å². The van der Waals surface area contributed by atoms with Gasteiger partial charge >= 0.3 is 0 Å².